The number of methoxy groups -OCH3 is 1. The van der Waals surface area contributed by atoms with E-state index < -0.39 is 0 Å². The third-order valence-electron chi connectivity index (χ3n) is 3.39. The van der Waals surface area contributed by atoms with Crippen molar-refractivity contribution in [1.82, 2.24) is 0 Å². The summed E-state index contributed by atoms with van der Waals surface area (Å²) in [4.78, 5) is 0. The SMILES string of the molecule is CCCCCc1[c]ccc(CCCCC)c1OC. The van der Waals surface area contributed by atoms with Crippen LogP contribution < -0.4 is 4.74 Å². The van der Waals surface area contributed by atoms with Gasteiger partial charge in [0.25, 0.3) is 0 Å². The lowest BCUT2D eigenvalue weighted by atomic mass is 9.99. The van der Waals surface area contributed by atoms with Gasteiger partial charge >= 0.3 is 0 Å². The van der Waals surface area contributed by atoms with Gasteiger partial charge in [-0.05, 0) is 37.3 Å². The minimum absolute atomic E-state index is 1.09. The Kier molecular flexibility index (Phi) is 7.55. The monoisotopic (exact) mass is 247 g/mol. The lowest BCUT2D eigenvalue weighted by Gasteiger charge is -2.13. The van der Waals surface area contributed by atoms with Gasteiger partial charge < -0.3 is 4.74 Å². The average Bonchev–Trinajstić information content (AvgIpc) is 2.39. The summed E-state index contributed by atoms with van der Waals surface area (Å²) in [7, 11) is 1.79. The maximum absolute atomic E-state index is 5.61. The average molecular weight is 247 g/mol. The van der Waals surface area contributed by atoms with Crippen LogP contribution in [-0.2, 0) is 12.8 Å². The van der Waals surface area contributed by atoms with Crippen molar-refractivity contribution >= 4 is 0 Å². The molecule has 0 bridgehead atoms. The second kappa shape index (κ2) is 9.02. The Balaban J connectivity index is 2.68. The zero-order valence-electron chi connectivity index (χ0n) is 12.2. The topological polar surface area (TPSA) is 9.23 Å². The minimum atomic E-state index is 1.09. The number of unbranched alkanes of at least 4 members (excludes halogenated alkanes) is 4. The lowest BCUT2D eigenvalue weighted by molar-refractivity contribution is 0.402. The van der Waals surface area contributed by atoms with Crippen LogP contribution in [-0.4, -0.2) is 7.11 Å². The van der Waals surface area contributed by atoms with Crippen LogP contribution >= 0.6 is 0 Å². The fourth-order valence-corrected chi connectivity index (χ4v) is 2.33. The summed E-state index contributed by atoms with van der Waals surface area (Å²) in [5, 5.41) is 0. The van der Waals surface area contributed by atoms with Crippen LogP contribution in [0.2, 0.25) is 0 Å². The second-order valence-electron chi connectivity index (χ2n) is 4.93. The van der Waals surface area contributed by atoms with Gasteiger partial charge in [0.2, 0.25) is 0 Å². The largest absolute Gasteiger partial charge is 0.496 e. The van der Waals surface area contributed by atoms with Crippen LogP contribution in [0, 0.1) is 6.07 Å². The van der Waals surface area contributed by atoms with Gasteiger partial charge in [0, 0.05) is 5.56 Å². The predicted octanol–water partition coefficient (Wildman–Crippen LogP) is 4.96. The van der Waals surface area contributed by atoms with E-state index in [-0.39, 0.29) is 0 Å². The predicted molar refractivity (Wildman–Crippen MR) is 78.3 cm³/mol. The van der Waals surface area contributed by atoms with Crippen LogP contribution in [0.25, 0.3) is 0 Å². The molecule has 18 heavy (non-hydrogen) atoms. The smallest absolute Gasteiger partial charge is 0.125 e. The van der Waals surface area contributed by atoms with Crippen LogP contribution in [0.4, 0.5) is 0 Å². The van der Waals surface area contributed by atoms with E-state index >= 15 is 0 Å². The third-order valence-corrected chi connectivity index (χ3v) is 3.39. The molecular weight excluding hydrogens is 220 g/mol. The maximum Gasteiger partial charge on any atom is 0.125 e. The molecule has 0 heterocycles. The van der Waals surface area contributed by atoms with Crippen LogP contribution in [0.3, 0.4) is 0 Å². The lowest BCUT2D eigenvalue weighted by Crippen LogP contribution is -1.98. The van der Waals surface area contributed by atoms with Crippen LogP contribution in [0.1, 0.15) is 63.5 Å². The van der Waals surface area contributed by atoms with E-state index in [1.165, 1.54) is 49.7 Å². The molecule has 0 saturated carbocycles. The van der Waals surface area contributed by atoms with Gasteiger partial charge in [0.05, 0.1) is 7.11 Å². The zero-order chi connectivity index (χ0) is 13.2. The summed E-state index contributed by atoms with van der Waals surface area (Å²) in [6.45, 7) is 4.48. The van der Waals surface area contributed by atoms with Crippen molar-refractivity contribution < 1.29 is 4.74 Å². The summed E-state index contributed by atoms with van der Waals surface area (Å²) in [5.41, 5.74) is 2.62. The van der Waals surface area contributed by atoms with Crippen molar-refractivity contribution in [2.75, 3.05) is 7.11 Å². The van der Waals surface area contributed by atoms with E-state index in [9.17, 15) is 0 Å². The van der Waals surface area contributed by atoms with Crippen molar-refractivity contribution in [2.24, 2.45) is 0 Å². The molecule has 0 aliphatic rings. The molecule has 0 unspecified atom stereocenters. The number of hydrogen-bond acceptors (Lipinski definition) is 1. The van der Waals surface area contributed by atoms with Crippen molar-refractivity contribution in [3.05, 3.63) is 29.3 Å². The van der Waals surface area contributed by atoms with Gasteiger partial charge in [0.15, 0.2) is 0 Å². The van der Waals surface area contributed by atoms with Gasteiger partial charge in [-0.1, -0.05) is 51.7 Å². The molecule has 0 aliphatic heterocycles. The molecule has 1 aromatic rings. The van der Waals surface area contributed by atoms with E-state index in [1.807, 2.05) is 0 Å². The van der Waals surface area contributed by atoms with Crippen LogP contribution in [0.5, 0.6) is 5.75 Å². The number of hydrogen-bond donors (Lipinski definition) is 0. The van der Waals surface area contributed by atoms with Crippen LogP contribution in [0.15, 0.2) is 12.1 Å². The van der Waals surface area contributed by atoms with Gasteiger partial charge in [0.1, 0.15) is 5.75 Å². The van der Waals surface area contributed by atoms with E-state index in [0.717, 1.165) is 18.6 Å². The molecule has 1 heteroatoms. The highest BCUT2D eigenvalue weighted by atomic mass is 16.5. The van der Waals surface area contributed by atoms with Crippen molar-refractivity contribution in [3.8, 4) is 5.75 Å². The second-order valence-corrected chi connectivity index (χ2v) is 4.93. The molecule has 0 N–H and O–H groups in total. The van der Waals surface area contributed by atoms with E-state index in [4.69, 9.17) is 4.74 Å². The van der Waals surface area contributed by atoms with Gasteiger partial charge in [-0.3, -0.25) is 0 Å². The molecule has 0 atom stereocenters. The van der Waals surface area contributed by atoms with Crippen molar-refractivity contribution in [3.63, 3.8) is 0 Å². The number of aryl methyl sites for hydroxylation is 2. The first-order chi connectivity index (χ1) is 8.83. The highest BCUT2D eigenvalue weighted by Crippen LogP contribution is 2.26. The molecule has 0 amide bonds. The zero-order valence-corrected chi connectivity index (χ0v) is 12.2. The highest BCUT2D eigenvalue weighted by molar-refractivity contribution is 5.41. The highest BCUT2D eigenvalue weighted by Gasteiger charge is 2.08. The summed E-state index contributed by atoms with van der Waals surface area (Å²) in [6, 6.07) is 7.58. The first-order valence-corrected chi connectivity index (χ1v) is 7.39. The number of benzene rings is 1. The Bertz CT molecular complexity index is 302. The molecule has 1 aromatic carbocycles. The molecule has 0 fully saturated rings. The molecule has 1 nitrogen and oxygen atoms in total. The standard InChI is InChI=1S/C17H27O/c1-4-6-8-11-15-13-10-14-16(17(15)18-3)12-9-7-5-2/h10,13H,4-9,11-12H2,1-3H3. The molecule has 0 aromatic heterocycles. The molecule has 1 rings (SSSR count). The fraction of sp³-hybridized carbons (Fsp3) is 0.647. The maximum atomic E-state index is 5.61. The number of rotatable bonds is 9. The summed E-state index contributed by atoms with van der Waals surface area (Å²) < 4.78 is 5.61. The Morgan fingerprint density at radius 1 is 1.00 bits per heavy atom. The van der Waals surface area contributed by atoms with Crippen molar-refractivity contribution in [2.45, 2.75) is 65.2 Å². The number of ether oxygens (including phenoxy) is 1. The quantitative estimate of drug-likeness (QED) is 0.560. The Morgan fingerprint density at radius 3 is 2.28 bits per heavy atom. The summed E-state index contributed by atoms with van der Waals surface area (Å²) in [6.07, 6.45) is 9.84. The van der Waals surface area contributed by atoms with E-state index in [2.05, 4.69) is 32.0 Å². The molecular formula is C17H27O. The van der Waals surface area contributed by atoms with Gasteiger partial charge in [-0.25, -0.2) is 0 Å². The van der Waals surface area contributed by atoms with Crippen molar-refractivity contribution in [1.29, 1.82) is 0 Å². The van der Waals surface area contributed by atoms with E-state index in [1.54, 1.807) is 7.11 Å². The Hall–Kier alpha value is -0.980. The minimum Gasteiger partial charge on any atom is -0.496 e. The Morgan fingerprint density at radius 2 is 1.67 bits per heavy atom. The summed E-state index contributed by atoms with van der Waals surface area (Å²) >= 11 is 0. The molecule has 0 aliphatic carbocycles. The van der Waals surface area contributed by atoms with Gasteiger partial charge in [-0.15, -0.1) is 0 Å². The van der Waals surface area contributed by atoms with Gasteiger partial charge in [-0.2, -0.15) is 0 Å². The molecule has 0 spiro atoms. The normalized spacial score (nSPS) is 10.6. The molecule has 1 radical (unpaired) electrons. The molecule has 0 saturated heterocycles. The fourth-order valence-electron chi connectivity index (χ4n) is 2.33. The Labute approximate surface area is 113 Å². The first kappa shape index (κ1) is 15.1. The van der Waals surface area contributed by atoms with E-state index in [0.29, 0.717) is 0 Å². The summed E-state index contributed by atoms with van der Waals surface area (Å²) in [5.74, 6) is 1.09. The third kappa shape index (κ3) is 4.72. The molecule has 101 valence electrons. The first-order valence-electron chi connectivity index (χ1n) is 7.39.